The van der Waals surface area contributed by atoms with Crippen LogP contribution in [-0.4, -0.2) is 29.1 Å². The van der Waals surface area contributed by atoms with E-state index in [9.17, 15) is 14.7 Å². The first-order valence-corrected chi connectivity index (χ1v) is 8.74. The van der Waals surface area contributed by atoms with Crippen molar-refractivity contribution in [2.24, 2.45) is 0 Å². The minimum Gasteiger partial charge on any atom is -0.506 e. The zero-order valence-electron chi connectivity index (χ0n) is 14.3. The molecule has 3 rings (SSSR count). The third-order valence-electron chi connectivity index (χ3n) is 4.07. The number of hydrogen-bond donors (Lipinski definition) is 2. The van der Waals surface area contributed by atoms with Crippen molar-refractivity contribution in [3.05, 3.63) is 75.8 Å². The van der Waals surface area contributed by atoms with Crippen LogP contribution in [0.15, 0.2) is 59.1 Å². The number of fused-ring (bicyclic) bond motifs is 1. The fourth-order valence-electron chi connectivity index (χ4n) is 2.68. The van der Waals surface area contributed by atoms with E-state index in [-0.39, 0.29) is 11.1 Å². The SMILES string of the molecule is COc1ccc2cc(/C=C/C(=O)c3cc(Br)cc(C(=O)O)c3O)ccc2c1. The molecule has 6 heteroatoms. The van der Waals surface area contributed by atoms with Crippen LogP contribution in [0.5, 0.6) is 11.5 Å². The predicted molar refractivity (Wildman–Crippen MR) is 107 cm³/mol. The molecular formula is C21H15BrO5. The van der Waals surface area contributed by atoms with Crippen molar-refractivity contribution in [1.29, 1.82) is 0 Å². The van der Waals surface area contributed by atoms with E-state index in [4.69, 9.17) is 9.84 Å². The molecule has 0 fully saturated rings. The summed E-state index contributed by atoms with van der Waals surface area (Å²) in [5.74, 6) is -1.59. The Labute approximate surface area is 163 Å². The molecule has 27 heavy (non-hydrogen) atoms. The van der Waals surface area contributed by atoms with E-state index in [2.05, 4.69) is 15.9 Å². The van der Waals surface area contributed by atoms with Crippen molar-refractivity contribution in [1.82, 2.24) is 0 Å². The van der Waals surface area contributed by atoms with Gasteiger partial charge in [0.05, 0.1) is 12.7 Å². The van der Waals surface area contributed by atoms with Crippen LogP contribution in [0.3, 0.4) is 0 Å². The molecule has 0 spiro atoms. The second kappa shape index (κ2) is 7.63. The lowest BCUT2D eigenvalue weighted by molar-refractivity contribution is 0.0693. The Bertz CT molecular complexity index is 1090. The number of carboxylic acids is 1. The summed E-state index contributed by atoms with van der Waals surface area (Å²) < 4.78 is 5.60. The Morgan fingerprint density at radius 3 is 2.37 bits per heavy atom. The number of allylic oxidation sites excluding steroid dienone is 1. The van der Waals surface area contributed by atoms with Crippen LogP contribution in [0.2, 0.25) is 0 Å². The molecule has 0 unspecified atom stereocenters. The second-order valence-electron chi connectivity index (χ2n) is 5.82. The zero-order valence-corrected chi connectivity index (χ0v) is 15.9. The molecule has 136 valence electrons. The van der Waals surface area contributed by atoms with Crippen molar-refractivity contribution in [3.63, 3.8) is 0 Å². The summed E-state index contributed by atoms with van der Waals surface area (Å²) in [7, 11) is 1.61. The first-order valence-electron chi connectivity index (χ1n) is 7.95. The number of carboxylic acid groups (broad SMARTS) is 1. The third kappa shape index (κ3) is 4.01. The summed E-state index contributed by atoms with van der Waals surface area (Å²) in [5.41, 5.74) is 0.387. The highest BCUT2D eigenvalue weighted by Gasteiger charge is 2.18. The maximum atomic E-state index is 12.4. The number of methoxy groups -OCH3 is 1. The van der Waals surface area contributed by atoms with Gasteiger partial charge in [-0.05, 0) is 52.7 Å². The first-order chi connectivity index (χ1) is 12.9. The molecule has 0 atom stereocenters. The van der Waals surface area contributed by atoms with Gasteiger partial charge in [0, 0.05) is 4.47 Å². The molecule has 0 aliphatic rings. The topological polar surface area (TPSA) is 83.8 Å². The molecule has 0 bridgehead atoms. The average molecular weight is 427 g/mol. The quantitative estimate of drug-likeness (QED) is 0.447. The minimum atomic E-state index is -1.31. The summed E-state index contributed by atoms with van der Waals surface area (Å²) in [6, 6.07) is 14.0. The van der Waals surface area contributed by atoms with Crippen LogP contribution in [0, 0.1) is 0 Å². The summed E-state index contributed by atoms with van der Waals surface area (Å²) in [6.07, 6.45) is 2.92. The highest BCUT2D eigenvalue weighted by molar-refractivity contribution is 9.10. The van der Waals surface area contributed by atoms with E-state index in [0.717, 1.165) is 22.1 Å². The molecule has 0 aliphatic carbocycles. The molecular weight excluding hydrogens is 412 g/mol. The van der Waals surface area contributed by atoms with Gasteiger partial charge in [0.2, 0.25) is 0 Å². The van der Waals surface area contributed by atoms with Gasteiger partial charge in [0.25, 0.3) is 0 Å². The molecule has 0 radical (unpaired) electrons. The molecule has 0 aromatic heterocycles. The highest BCUT2D eigenvalue weighted by Crippen LogP contribution is 2.28. The highest BCUT2D eigenvalue weighted by atomic mass is 79.9. The van der Waals surface area contributed by atoms with Gasteiger partial charge in [-0.2, -0.15) is 0 Å². The van der Waals surface area contributed by atoms with E-state index in [0.29, 0.717) is 4.47 Å². The number of benzene rings is 3. The van der Waals surface area contributed by atoms with Crippen LogP contribution in [0.25, 0.3) is 16.8 Å². The largest absolute Gasteiger partial charge is 0.506 e. The predicted octanol–water partition coefficient (Wildman–Crippen LogP) is 4.91. The second-order valence-corrected chi connectivity index (χ2v) is 6.74. The lowest BCUT2D eigenvalue weighted by atomic mass is 10.0. The van der Waals surface area contributed by atoms with Gasteiger partial charge in [0.15, 0.2) is 5.78 Å². The Morgan fingerprint density at radius 1 is 1.00 bits per heavy atom. The van der Waals surface area contributed by atoms with Gasteiger partial charge < -0.3 is 14.9 Å². The van der Waals surface area contributed by atoms with E-state index in [1.165, 1.54) is 18.2 Å². The number of aromatic carboxylic acids is 1. The first kappa shape index (κ1) is 18.7. The van der Waals surface area contributed by atoms with Crippen LogP contribution in [0.1, 0.15) is 26.3 Å². The van der Waals surface area contributed by atoms with E-state index in [1.54, 1.807) is 13.2 Å². The number of carbonyl (C=O) groups is 2. The number of carbonyl (C=O) groups excluding carboxylic acids is 1. The van der Waals surface area contributed by atoms with Gasteiger partial charge >= 0.3 is 5.97 Å². The lowest BCUT2D eigenvalue weighted by Gasteiger charge is -2.06. The number of ketones is 1. The van der Waals surface area contributed by atoms with Crippen LogP contribution in [0.4, 0.5) is 0 Å². The Hall–Kier alpha value is -3.12. The summed E-state index contributed by atoms with van der Waals surface area (Å²) in [4.78, 5) is 23.6. The van der Waals surface area contributed by atoms with Crippen molar-refractivity contribution in [2.45, 2.75) is 0 Å². The normalized spacial score (nSPS) is 11.0. The molecule has 2 N–H and O–H groups in total. The summed E-state index contributed by atoms with van der Waals surface area (Å²) >= 11 is 3.16. The van der Waals surface area contributed by atoms with E-state index >= 15 is 0 Å². The van der Waals surface area contributed by atoms with Crippen LogP contribution in [-0.2, 0) is 0 Å². The van der Waals surface area contributed by atoms with Crippen LogP contribution >= 0.6 is 15.9 Å². The number of rotatable bonds is 5. The fourth-order valence-corrected chi connectivity index (χ4v) is 3.14. The summed E-state index contributed by atoms with van der Waals surface area (Å²) in [5, 5.41) is 21.2. The Balaban J connectivity index is 1.91. The number of ether oxygens (including phenoxy) is 1. The monoisotopic (exact) mass is 426 g/mol. The Morgan fingerprint density at radius 2 is 1.67 bits per heavy atom. The van der Waals surface area contributed by atoms with E-state index < -0.39 is 17.5 Å². The van der Waals surface area contributed by atoms with Crippen molar-refractivity contribution >= 4 is 44.5 Å². The maximum absolute atomic E-state index is 12.4. The molecule has 0 amide bonds. The molecule has 0 saturated heterocycles. The third-order valence-corrected chi connectivity index (χ3v) is 4.53. The minimum absolute atomic E-state index is 0.0800. The number of phenols is 1. The van der Waals surface area contributed by atoms with E-state index in [1.807, 2.05) is 36.4 Å². The summed E-state index contributed by atoms with van der Waals surface area (Å²) in [6.45, 7) is 0. The smallest absolute Gasteiger partial charge is 0.339 e. The maximum Gasteiger partial charge on any atom is 0.339 e. The standard InChI is InChI=1S/C21H15BrO5/c1-27-16-6-5-13-8-12(2-4-14(13)9-16)3-7-19(23)17-10-15(22)11-18(20(17)24)21(25)26/h2-11,24H,1H3,(H,25,26)/b7-3+. The zero-order chi connectivity index (χ0) is 19.6. The fraction of sp³-hybridized carbons (Fsp3) is 0.0476. The Kier molecular flexibility index (Phi) is 5.28. The van der Waals surface area contributed by atoms with Gasteiger partial charge in [-0.15, -0.1) is 0 Å². The molecule has 0 saturated carbocycles. The molecule has 3 aromatic rings. The van der Waals surface area contributed by atoms with Crippen molar-refractivity contribution in [3.8, 4) is 11.5 Å². The molecule has 0 heterocycles. The van der Waals surface area contributed by atoms with Gasteiger partial charge in [-0.1, -0.05) is 40.2 Å². The number of aromatic hydroxyl groups is 1. The average Bonchev–Trinajstić information content (AvgIpc) is 2.66. The van der Waals surface area contributed by atoms with Crippen molar-refractivity contribution < 1.29 is 24.5 Å². The van der Waals surface area contributed by atoms with Crippen molar-refractivity contribution in [2.75, 3.05) is 7.11 Å². The number of halogens is 1. The van der Waals surface area contributed by atoms with Gasteiger partial charge in [-0.25, -0.2) is 4.79 Å². The van der Waals surface area contributed by atoms with Crippen LogP contribution < -0.4 is 4.74 Å². The molecule has 5 nitrogen and oxygen atoms in total. The molecule has 3 aromatic carbocycles. The van der Waals surface area contributed by atoms with Gasteiger partial charge in [0.1, 0.15) is 17.1 Å². The van der Waals surface area contributed by atoms with Gasteiger partial charge in [-0.3, -0.25) is 4.79 Å². The lowest BCUT2D eigenvalue weighted by Crippen LogP contribution is -2.03. The number of hydrogen-bond acceptors (Lipinski definition) is 4. The molecule has 0 aliphatic heterocycles.